The highest BCUT2D eigenvalue weighted by molar-refractivity contribution is 4.89. The third kappa shape index (κ3) is 2.70. The molecule has 1 fully saturated rings. The number of nitrogens with two attached hydrogens (primary N) is 1. The van der Waals surface area contributed by atoms with Crippen molar-refractivity contribution in [1.82, 2.24) is 4.90 Å². The molecule has 0 spiro atoms. The Morgan fingerprint density at radius 3 is 2.71 bits per heavy atom. The molecule has 0 aliphatic heterocycles. The molecule has 3 heteroatoms. The summed E-state index contributed by atoms with van der Waals surface area (Å²) in [5, 5.41) is 8.64. The lowest BCUT2D eigenvalue weighted by Gasteiger charge is -2.38. The van der Waals surface area contributed by atoms with Crippen LogP contribution in [-0.2, 0) is 0 Å². The van der Waals surface area contributed by atoms with Crippen LogP contribution in [0.15, 0.2) is 0 Å². The maximum absolute atomic E-state index is 8.64. The highest BCUT2D eigenvalue weighted by Crippen LogP contribution is 2.22. The van der Waals surface area contributed by atoms with Crippen LogP contribution in [0.4, 0.5) is 0 Å². The molecule has 1 rings (SSSR count). The SMILES string of the molecule is CC(CC#N)N(C)C1CCCCC1N. The third-order valence-corrected chi connectivity index (χ3v) is 3.39. The van der Waals surface area contributed by atoms with Gasteiger partial charge in [-0.25, -0.2) is 0 Å². The first-order chi connectivity index (χ1) is 6.66. The van der Waals surface area contributed by atoms with Crippen molar-refractivity contribution in [3.63, 3.8) is 0 Å². The van der Waals surface area contributed by atoms with Crippen LogP contribution in [0.2, 0.25) is 0 Å². The maximum Gasteiger partial charge on any atom is 0.0638 e. The van der Waals surface area contributed by atoms with Crippen LogP contribution in [0, 0.1) is 11.3 Å². The van der Waals surface area contributed by atoms with Crippen LogP contribution < -0.4 is 5.73 Å². The Hall–Kier alpha value is -0.590. The van der Waals surface area contributed by atoms with Crippen molar-refractivity contribution in [3.05, 3.63) is 0 Å². The first-order valence-electron chi connectivity index (χ1n) is 5.51. The van der Waals surface area contributed by atoms with Crippen LogP contribution in [0.3, 0.4) is 0 Å². The Bertz CT molecular complexity index is 209. The fourth-order valence-electron chi connectivity index (χ4n) is 2.25. The number of likely N-dealkylation sites (N-methyl/N-ethyl adjacent to an activating group) is 1. The van der Waals surface area contributed by atoms with E-state index in [-0.39, 0.29) is 0 Å². The van der Waals surface area contributed by atoms with Crippen molar-refractivity contribution < 1.29 is 0 Å². The third-order valence-electron chi connectivity index (χ3n) is 3.39. The molecule has 0 aromatic carbocycles. The number of hydrogen-bond donors (Lipinski definition) is 1. The molecule has 0 radical (unpaired) electrons. The second-order valence-corrected chi connectivity index (χ2v) is 4.39. The molecule has 0 heterocycles. The Labute approximate surface area is 86.9 Å². The zero-order valence-electron chi connectivity index (χ0n) is 9.24. The van der Waals surface area contributed by atoms with Gasteiger partial charge >= 0.3 is 0 Å². The predicted octanol–water partition coefficient (Wildman–Crippen LogP) is 1.49. The van der Waals surface area contributed by atoms with Gasteiger partial charge in [-0.3, -0.25) is 4.90 Å². The molecule has 0 saturated heterocycles. The predicted molar refractivity (Wildman–Crippen MR) is 57.7 cm³/mol. The van der Waals surface area contributed by atoms with Gasteiger partial charge in [0.15, 0.2) is 0 Å². The lowest BCUT2D eigenvalue weighted by Crippen LogP contribution is -2.50. The summed E-state index contributed by atoms with van der Waals surface area (Å²) in [5.74, 6) is 0. The molecule has 14 heavy (non-hydrogen) atoms. The van der Waals surface area contributed by atoms with Gasteiger partial charge in [-0.05, 0) is 26.8 Å². The second kappa shape index (κ2) is 5.33. The zero-order valence-corrected chi connectivity index (χ0v) is 9.24. The molecule has 1 aliphatic rings. The van der Waals surface area contributed by atoms with Crippen LogP contribution >= 0.6 is 0 Å². The number of nitriles is 1. The molecule has 80 valence electrons. The number of hydrogen-bond acceptors (Lipinski definition) is 3. The Morgan fingerprint density at radius 2 is 2.14 bits per heavy atom. The molecule has 0 aromatic heterocycles. The first-order valence-corrected chi connectivity index (χ1v) is 5.51. The van der Waals surface area contributed by atoms with E-state index in [2.05, 4.69) is 24.9 Å². The summed E-state index contributed by atoms with van der Waals surface area (Å²) >= 11 is 0. The quantitative estimate of drug-likeness (QED) is 0.742. The Balaban J connectivity index is 2.49. The van der Waals surface area contributed by atoms with Gasteiger partial charge < -0.3 is 5.73 Å². The van der Waals surface area contributed by atoms with Gasteiger partial charge in [0.25, 0.3) is 0 Å². The molecule has 3 nitrogen and oxygen atoms in total. The topological polar surface area (TPSA) is 53.0 Å². The van der Waals surface area contributed by atoms with Crippen molar-refractivity contribution >= 4 is 0 Å². The minimum Gasteiger partial charge on any atom is -0.326 e. The molecule has 3 unspecified atom stereocenters. The molecular formula is C11H21N3. The van der Waals surface area contributed by atoms with Crippen LogP contribution in [0.1, 0.15) is 39.0 Å². The summed E-state index contributed by atoms with van der Waals surface area (Å²) in [5.41, 5.74) is 6.09. The number of nitrogens with zero attached hydrogens (tertiary/aromatic N) is 2. The summed E-state index contributed by atoms with van der Waals surface area (Å²) in [6, 6.07) is 3.33. The molecule has 0 bridgehead atoms. The zero-order chi connectivity index (χ0) is 10.6. The van der Waals surface area contributed by atoms with Crippen molar-refractivity contribution in [2.75, 3.05) is 7.05 Å². The summed E-state index contributed by atoms with van der Waals surface area (Å²) < 4.78 is 0. The monoisotopic (exact) mass is 195 g/mol. The molecule has 1 saturated carbocycles. The summed E-state index contributed by atoms with van der Waals surface area (Å²) in [4.78, 5) is 2.28. The summed E-state index contributed by atoms with van der Waals surface area (Å²) in [6.07, 6.45) is 5.46. The van der Waals surface area contributed by atoms with E-state index in [0.29, 0.717) is 24.5 Å². The molecule has 3 atom stereocenters. The smallest absolute Gasteiger partial charge is 0.0638 e. The highest BCUT2D eigenvalue weighted by atomic mass is 15.2. The second-order valence-electron chi connectivity index (χ2n) is 4.39. The van der Waals surface area contributed by atoms with Gasteiger partial charge in [0, 0.05) is 18.1 Å². The maximum atomic E-state index is 8.64. The lowest BCUT2D eigenvalue weighted by atomic mass is 9.89. The van der Waals surface area contributed by atoms with Gasteiger partial charge in [-0.1, -0.05) is 12.8 Å². The number of rotatable bonds is 3. The first kappa shape index (κ1) is 11.5. The fraction of sp³-hybridized carbons (Fsp3) is 0.909. The van der Waals surface area contributed by atoms with Gasteiger partial charge in [0.1, 0.15) is 0 Å². The van der Waals surface area contributed by atoms with Crippen molar-refractivity contribution in [2.45, 2.75) is 57.2 Å². The van der Waals surface area contributed by atoms with Crippen LogP contribution in [0.25, 0.3) is 0 Å². The summed E-state index contributed by atoms with van der Waals surface area (Å²) in [7, 11) is 2.10. The van der Waals surface area contributed by atoms with E-state index in [9.17, 15) is 0 Å². The van der Waals surface area contributed by atoms with Crippen LogP contribution in [-0.4, -0.2) is 30.1 Å². The largest absolute Gasteiger partial charge is 0.326 e. The van der Waals surface area contributed by atoms with E-state index in [1.54, 1.807) is 0 Å². The van der Waals surface area contributed by atoms with E-state index in [1.807, 2.05) is 0 Å². The Morgan fingerprint density at radius 1 is 1.50 bits per heavy atom. The lowest BCUT2D eigenvalue weighted by molar-refractivity contribution is 0.130. The summed E-state index contributed by atoms with van der Waals surface area (Å²) in [6.45, 7) is 2.10. The molecule has 2 N–H and O–H groups in total. The Kier molecular flexibility index (Phi) is 4.37. The minimum atomic E-state index is 0.301. The van der Waals surface area contributed by atoms with E-state index < -0.39 is 0 Å². The fourth-order valence-corrected chi connectivity index (χ4v) is 2.25. The van der Waals surface area contributed by atoms with Crippen molar-refractivity contribution in [1.29, 1.82) is 5.26 Å². The molecular weight excluding hydrogens is 174 g/mol. The molecule has 0 aromatic rings. The molecule has 0 amide bonds. The molecule has 1 aliphatic carbocycles. The normalized spacial score (nSPS) is 29.9. The van der Waals surface area contributed by atoms with Gasteiger partial charge in [0.2, 0.25) is 0 Å². The van der Waals surface area contributed by atoms with Gasteiger partial charge in [-0.2, -0.15) is 5.26 Å². The van der Waals surface area contributed by atoms with Crippen molar-refractivity contribution in [2.24, 2.45) is 5.73 Å². The van der Waals surface area contributed by atoms with E-state index >= 15 is 0 Å². The standard InChI is InChI=1S/C11H21N3/c1-9(7-8-12)14(2)11-6-4-3-5-10(11)13/h9-11H,3-7,13H2,1-2H3. The van der Waals surface area contributed by atoms with Crippen molar-refractivity contribution in [3.8, 4) is 6.07 Å². The van der Waals surface area contributed by atoms with Gasteiger partial charge in [-0.15, -0.1) is 0 Å². The van der Waals surface area contributed by atoms with Crippen LogP contribution in [0.5, 0.6) is 0 Å². The van der Waals surface area contributed by atoms with E-state index in [4.69, 9.17) is 11.0 Å². The average molecular weight is 195 g/mol. The average Bonchev–Trinajstić information content (AvgIpc) is 2.18. The minimum absolute atomic E-state index is 0.301. The van der Waals surface area contributed by atoms with E-state index in [0.717, 1.165) is 6.42 Å². The highest BCUT2D eigenvalue weighted by Gasteiger charge is 2.27. The van der Waals surface area contributed by atoms with Gasteiger partial charge in [0.05, 0.1) is 12.5 Å². The van der Waals surface area contributed by atoms with E-state index in [1.165, 1.54) is 19.3 Å².